The Balaban J connectivity index is 1.42. The maximum atomic E-state index is 12.2. The molecule has 2 heterocycles. The molecule has 3 N–H and O–H groups in total. The van der Waals surface area contributed by atoms with Crippen molar-refractivity contribution in [2.24, 2.45) is 7.05 Å². The van der Waals surface area contributed by atoms with Crippen LogP contribution in [0.3, 0.4) is 0 Å². The highest BCUT2D eigenvalue weighted by Crippen LogP contribution is 2.20. The number of fused-ring (bicyclic) bond motifs is 1. The number of benzene rings is 2. The molecule has 2 aromatic carbocycles. The maximum absolute atomic E-state index is 12.2. The molecule has 0 saturated carbocycles. The van der Waals surface area contributed by atoms with Crippen LogP contribution in [-0.4, -0.2) is 34.2 Å². The molecule has 8 heteroatoms. The van der Waals surface area contributed by atoms with Crippen LogP contribution in [-0.2, 0) is 23.1 Å². The predicted octanol–water partition coefficient (Wildman–Crippen LogP) is 3.01. The number of aryl methyl sites for hydroxylation is 1. The molecule has 1 fully saturated rings. The monoisotopic (exact) mass is 393 g/mol. The molecule has 8 nitrogen and oxygen atoms in total. The van der Waals surface area contributed by atoms with Crippen LogP contribution in [0.2, 0.25) is 0 Å². The van der Waals surface area contributed by atoms with E-state index >= 15 is 0 Å². The van der Waals surface area contributed by atoms with Gasteiger partial charge >= 0.3 is 6.03 Å². The smallest absolute Gasteiger partial charge is 0.323 e. The molecule has 0 spiro atoms. The van der Waals surface area contributed by atoms with E-state index in [9.17, 15) is 9.59 Å². The van der Waals surface area contributed by atoms with E-state index < -0.39 is 0 Å². The Labute approximate surface area is 168 Å². The summed E-state index contributed by atoms with van der Waals surface area (Å²) in [5.74, 6) is 0.631. The van der Waals surface area contributed by atoms with Crippen LogP contribution in [0.4, 0.5) is 16.2 Å². The van der Waals surface area contributed by atoms with Gasteiger partial charge in [-0.15, -0.1) is 0 Å². The maximum Gasteiger partial charge on any atom is 0.323 e. The molecule has 3 aromatic rings. The third-order valence-corrected chi connectivity index (χ3v) is 4.91. The average molecular weight is 393 g/mol. The number of hydrogen-bond acceptors (Lipinski definition) is 4. The van der Waals surface area contributed by atoms with E-state index in [0.717, 1.165) is 29.7 Å². The number of imidazole rings is 1. The van der Waals surface area contributed by atoms with Crippen molar-refractivity contribution < 1.29 is 14.3 Å². The van der Waals surface area contributed by atoms with Gasteiger partial charge in [0, 0.05) is 25.0 Å². The van der Waals surface area contributed by atoms with Gasteiger partial charge in [0.05, 0.1) is 17.6 Å². The van der Waals surface area contributed by atoms with Crippen molar-refractivity contribution in [3.8, 4) is 0 Å². The SMILES string of the molecule is Cn1c(CNC(=O)[C@@H]2CCCO2)nc2cc(NC(=O)Nc3ccccc3)ccc21. The van der Waals surface area contributed by atoms with E-state index in [1.807, 2.05) is 60.1 Å². The Kier molecular flexibility index (Phi) is 5.44. The summed E-state index contributed by atoms with van der Waals surface area (Å²) in [6.45, 7) is 0.957. The molecule has 1 aliphatic heterocycles. The Morgan fingerprint density at radius 3 is 2.69 bits per heavy atom. The van der Waals surface area contributed by atoms with Crippen molar-refractivity contribution in [2.75, 3.05) is 17.2 Å². The van der Waals surface area contributed by atoms with E-state index in [1.54, 1.807) is 0 Å². The van der Waals surface area contributed by atoms with Gasteiger partial charge < -0.3 is 25.3 Å². The zero-order valence-corrected chi connectivity index (χ0v) is 16.1. The fraction of sp³-hybridized carbons (Fsp3) is 0.286. The summed E-state index contributed by atoms with van der Waals surface area (Å²) in [6, 6.07) is 14.4. The van der Waals surface area contributed by atoms with E-state index in [4.69, 9.17) is 4.74 Å². The highest BCUT2D eigenvalue weighted by Gasteiger charge is 2.23. The molecular weight excluding hydrogens is 370 g/mol. The predicted molar refractivity (Wildman–Crippen MR) is 111 cm³/mol. The van der Waals surface area contributed by atoms with Crippen LogP contribution >= 0.6 is 0 Å². The van der Waals surface area contributed by atoms with Gasteiger partial charge in [0.25, 0.3) is 0 Å². The Morgan fingerprint density at radius 2 is 1.93 bits per heavy atom. The van der Waals surface area contributed by atoms with Gasteiger partial charge in [0.1, 0.15) is 11.9 Å². The number of nitrogens with one attached hydrogen (secondary N) is 3. The number of hydrogen-bond donors (Lipinski definition) is 3. The second-order valence-electron chi connectivity index (χ2n) is 6.96. The zero-order chi connectivity index (χ0) is 20.2. The number of carbonyl (C=O) groups excluding carboxylic acids is 2. The van der Waals surface area contributed by atoms with E-state index in [-0.39, 0.29) is 18.0 Å². The molecular formula is C21H23N5O3. The summed E-state index contributed by atoms with van der Waals surface area (Å²) >= 11 is 0. The van der Waals surface area contributed by atoms with Crippen molar-refractivity contribution in [1.29, 1.82) is 0 Å². The van der Waals surface area contributed by atoms with E-state index in [1.165, 1.54) is 0 Å². The normalized spacial score (nSPS) is 16.0. The number of urea groups is 1. The first-order valence-electron chi connectivity index (χ1n) is 9.58. The van der Waals surface area contributed by atoms with Crippen LogP contribution < -0.4 is 16.0 Å². The number of nitrogens with zero attached hydrogens (tertiary/aromatic N) is 2. The summed E-state index contributed by atoms with van der Waals surface area (Å²) in [7, 11) is 1.90. The second kappa shape index (κ2) is 8.32. The largest absolute Gasteiger partial charge is 0.368 e. The molecule has 150 valence electrons. The molecule has 1 atom stereocenters. The van der Waals surface area contributed by atoms with Crippen LogP contribution in [0.1, 0.15) is 18.7 Å². The lowest BCUT2D eigenvalue weighted by Crippen LogP contribution is -2.34. The van der Waals surface area contributed by atoms with Gasteiger partial charge in [0.2, 0.25) is 5.91 Å². The Hall–Kier alpha value is -3.39. The molecule has 0 unspecified atom stereocenters. The second-order valence-corrected chi connectivity index (χ2v) is 6.96. The number of aromatic nitrogens is 2. The van der Waals surface area contributed by atoms with Crippen LogP contribution in [0.5, 0.6) is 0 Å². The van der Waals surface area contributed by atoms with Gasteiger partial charge in [0.15, 0.2) is 0 Å². The minimum absolute atomic E-state index is 0.102. The van der Waals surface area contributed by atoms with E-state index in [0.29, 0.717) is 24.5 Å². The van der Waals surface area contributed by atoms with Gasteiger partial charge in [-0.1, -0.05) is 18.2 Å². The number of anilines is 2. The molecule has 1 aromatic heterocycles. The Bertz CT molecular complexity index is 1030. The van der Waals surface area contributed by atoms with Crippen molar-refractivity contribution in [3.05, 3.63) is 54.4 Å². The lowest BCUT2D eigenvalue weighted by molar-refractivity contribution is -0.130. The Morgan fingerprint density at radius 1 is 1.14 bits per heavy atom. The molecule has 1 saturated heterocycles. The highest BCUT2D eigenvalue weighted by atomic mass is 16.5. The summed E-state index contributed by atoms with van der Waals surface area (Å²) < 4.78 is 7.33. The summed E-state index contributed by atoms with van der Waals surface area (Å²) in [6.07, 6.45) is 1.32. The third-order valence-electron chi connectivity index (χ3n) is 4.91. The lowest BCUT2D eigenvalue weighted by Gasteiger charge is -2.10. The quantitative estimate of drug-likeness (QED) is 0.621. The van der Waals surface area contributed by atoms with Crippen molar-refractivity contribution in [3.63, 3.8) is 0 Å². The van der Waals surface area contributed by atoms with Crippen molar-refractivity contribution in [2.45, 2.75) is 25.5 Å². The molecule has 0 bridgehead atoms. The first-order chi connectivity index (χ1) is 14.1. The van der Waals surface area contributed by atoms with E-state index in [2.05, 4.69) is 20.9 Å². The number of ether oxygens (including phenoxy) is 1. The first kappa shape index (κ1) is 18.9. The molecule has 0 aliphatic carbocycles. The highest BCUT2D eigenvalue weighted by molar-refractivity contribution is 6.00. The molecule has 3 amide bonds. The zero-order valence-electron chi connectivity index (χ0n) is 16.1. The van der Waals surface area contributed by atoms with Gasteiger partial charge in [-0.3, -0.25) is 4.79 Å². The van der Waals surface area contributed by atoms with Gasteiger partial charge in [-0.2, -0.15) is 0 Å². The average Bonchev–Trinajstić information content (AvgIpc) is 3.35. The van der Waals surface area contributed by atoms with Crippen LogP contribution in [0.15, 0.2) is 48.5 Å². The molecule has 0 radical (unpaired) electrons. The topological polar surface area (TPSA) is 97.3 Å². The fourth-order valence-corrected chi connectivity index (χ4v) is 3.36. The summed E-state index contributed by atoms with van der Waals surface area (Å²) in [5, 5.41) is 8.48. The number of para-hydroxylation sites is 1. The van der Waals surface area contributed by atoms with Crippen LogP contribution in [0.25, 0.3) is 11.0 Å². The fourth-order valence-electron chi connectivity index (χ4n) is 3.36. The number of carbonyl (C=O) groups is 2. The molecule has 1 aliphatic rings. The van der Waals surface area contributed by atoms with Crippen molar-refractivity contribution in [1.82, 2.24) is 14.9 Å². The third kappa shape index (κ3) is 4.38. The standard InChI is InChI=1S/C21H23N5O3/c1-26-17-10-9-15(24-21(28)23-14-6-3-2-4-7-14)12-16(17)25-19(26)13-22-20(27)18-8-5-11-29-18/h2-4,6-7,9-10,12,18H,5,8,11,13H2,1H3,(H,22,27)(H2,23,24,28)/t18-/m0/s1. The van der Waals surface area contributed by atoms with Gasteiger partial charge in [-0.25, -0.2) is 9.78 Å². The van der Waals surface area contributed by atoms with Crippen LogP contribution in [0, 0.1) is 0 Å². The minimum atomic E-state index is -0.358. The number of rotatable bonds is 5. The minimum Gasteiger partial charge on any atom is -0.368 e. The first-order valence-corrected chi connectivity index (χ1v) is 9.58. The van der Waals surface area contributed by atoms with Gasteiger partial charge in [-0.05, 0) is 43.2 Å². The number of amides is 3. The summed E-state index contributed by atoms with van der Waals surface area (Å²) in [5.41, 5.74) is 3.01. The summed E-state index contributed by atoms with van der Waals surface area (Å²) in [4.78, 5) is 28.9. The molecule has 4 rings (SSSR count). The molecule has 29 heavy (non-hydrogen) atoms. The lowest BCUT2D eigenvalue weighted by atomic mass is 10.2. The van der Waals surface area contributed by atoms with Crippen molar-refractivity contribution >= 4 is 34.3 Å².